The largest absolute Gasteiger partial charge is 0.491 e. The number of carbonyl (C=O) groups excluding carboxylic acids is 1. The van der Waals surface area contributed by atoms with Gasteiger partial charge >= 0.3 is 0 Å². The second kappa shape index (κ2) is 13.3. The molecule has 174 valence electrons. The number of benzene rings is 2. The van der Waals surface area contributed by atoms with Gasteiger partial charge in [0.05, 0.1) is 12.6 Å². The molecule has 7 nitrogen and oxygen atoms in total. The van der Waals surface area contributed by atoms with Crippen LogP contribution in [-0.4, -0.2) is 37.7 Å². The number of amides is 1. The van der Waals surface area contributed by atoms with Crippen LogP contribution in [0.4, 0.5) is 0 Å². The van der Waals surface area contributed by atoms with Crippen molar-refractivity contribution in [1.82, 2.24) is 10.6 Å². The van der Waals surface area contributed by atoms with Crippen molar-refractivity contribution in [2.45, 2.75) is 45.9 Å². The van der Waals surface area contributed by atoms with Crippen LogP contribution in [0.1, 0.15) is 46.8 Å². The highest BCUT2D eigenvalue weighted by atomic mass is 127. The van der Waals surface area contributed by atoms with Gasteiger partial charge in [0.1, 0.15) is 12.4 Å². The highest BCUT2D eigenvalue weighted by molar-refractivity contribution is 14.0. The number of halogens is 1. The standard InChI is InChI=1S/C24H32N4O3.HI/c1-3-26-24(27-14-18-7-10-19(11-8-18)23(25)29)28-15-20-9-6-17(2)13-22(20)31-16-21-5-4-12-30-21;/h6-11,13,21H,3-5,12,14-16H2,1-2H3,(H2,25,29)(H2,26,27,28);1H. The maximum Gasteiger partial charge on any atom is 0.248 e. The van der Waals surface area contributed by atoms with E-state index in [1.807, 2.05) is 19.1 Å². The summed E-state index contributed by atoms with van der Waals surface area (Å²) in [5.74, 6) is 1.16. The highest BCUT2D eigenvalue weighted by Crippen LogP contribution is 2.22. The van der Waals surface area contributed by atoms with Gasteiger partial charge in [0.15, 0.2) is 5.96 Å². The molecule has 1 heterocycles. The second-order valence-corrected chi connectivity index (χ2v) is 7.67. The van der Waals surface area contributed by atoms with Crippen LogP contribution in [0.5, 0.6) is 5.75 Å². The molecule has 0 spiro atoms. The minimum Gasteiger partial charge on any atom is -0.491 e. The summed E-state index contributed by atoms with van der Waals surface area (Å²) in [7, 11) is 0. The van der Waals surface area contributed by atoms with Gasteiger partial charge in [-0.2, -0.15) is 0 Å². The maximum absolute atomic E-state index is 11.2. The molecule has 1 unspecified atom stereocenters. The quantitative estimate of drug-likeness (QED) is 0.251. The molecule has 1 atom stereocenters. The summed E-state index contributed by atoms with van der Waals surface area (Å²) >= 11 is 0. The van der Waals surface area contributed by atoms with Gasteiger partial charge < -0.3 is 25.8 Å². The van der Waals surface area contributed by atoms with Crippen LogP contribution in [0.25, 0.3) is 0 Å². The number of nitrogens with one attached hydrogen (secondary N) is 2. The fourth-order valence-corrected chi connectivity index (χ4v) is 3.37. The van der Waals surface area contributed by atoms with Crippen LogP contribution in [-0.2, 0) is 17.8 Å². The molecule has 1 aliphatic rings. The van der Waals surface area contributed by atoms with Crippen molar-refractivity contribution in [3.63, 3.8) is 0 Å². The average Bonchev–Trinajstić information content (AvgIpc) is 3.29. The van der Waals surface area contributed by atoms with Gasteiger partial charge in [-0.05, 0) is 56.0 Å². The minimum absolute atomic E-state index is 0. The summed E-state index contributed by atoms with van der Waals surface area (Å²) in [6, 6.07) is 13.4. The zero-order valence-electron chi connectivity index (χ0n) is 18.7. The van der Waals surface area contributed by atoms with Gasteiger partial charge in [0, 0.05) is 30.8 Å². The number of aryl methyl sites for hydroxylation is 1. The normalized spacial score (nSPS) is 15.7. The monoisotopic (exact) mass is 552 g/mol. The van der Waals surface area contributed by atoms with Gasteiger partial charge in [-0.25, -0.2) is 4.99 Å². The van der Waals surface area contributed by atoms with Crippen molar-refractivity contribution in [1.29, 1.82) is 0 Å². The lowest BCUT2D eigenvalue weighted by Gasteiger charge is -2.17. The lowest BCUT2D eigenvalue weighted by Crippen LogP contribution is -2.36. The first-order valence-electron chi connectivity index (χ1n) is 10.8. The van der Waals surface area contributed by atoms with E-state index in [4.69, 9.17) is 15.2 Å². The Kier molecular flexibility index (Phi) is 10.8. The van der Waals surface area contributed by atoms with Crippen molar-refractivity contribution < 1.29 is 14.3 Å². The van der Waals surface area contributed by atoms with Crippen LogP contribution < -0.4 is 21.1 Å². The number of guanidine groups is 1. The Morgan fingerprint density at radius 1 is 1.22 bits per heavy atom. The molecule has 1 fully saturated rings. The molecule has 3 rings (SSSR count). The minimum atomic E-state index is -0.430. The Morgan fingerprint density at radius 3 is 2.66 bits per heavy atom. The highest BCUT2D eigenvalue weighted by Gasteiger charge is 2.17. The first-order chi connectivity index (χ1) is 15.0. The molecule has 2 aromatic rings. The van der Waals surface area contributed by atoms with E-state index in [0.717, 1.165) is 48.4 Å². The topological polar surface area (TPSA) is 98.0 Å². The first-order valence-corrected chi connectivity index (χ1v) is 10.8. The van der Waals surface area contributed by atoms with Gasteiger partial charge in [-0.3, -0.25) is 4.79 Å². The zero-order chi connectivity index (χ0) is 22.1. The third-order valence-electron chi connectivity index (χ3n) is 5.12. The van der Waals surface area contributed by atoms with Crippen LogP contribution >= 0.6 is 24.0 Å². The van der Waals surface area contributed by atoms with Crippen molar-refractivity contribution >= 4 is 35.8 Å². The Hall–Kier alpha value is -2.33. The third-order valence-corrected chi connectivity index (χ3v) is 5.12. The molecule has 0 aromatic heterocycles. The third kappa shape index (κ3) is 7.98. The van der Waals surface area contributed by atoms with Crippen LogP contribution in [0.2, 0.25) is 0 Å². The molecular weight excluding hydrogens is 519 g/mol. The number of rotatable bonds is 9. The van der Waals surface area contributed by atoms with E-state index in [1.165, 1.54) is 0 Å². The maximum atomic E-state index is 11.2. The number of nitrogens with zero attached hydrogens (tertiary/aromatic N) is 1. The van der Waals surface area contributed by atoms with Crippen LogP contribution in [0, 0.1) is 6.92 Å². The van der Waals surface area contributed by atoms with E-state index in [1.54, 1.807) is 12.1 Å². The predicted octanol–water partition coefficient (Wildman–Crippen LogP) is 3.53. The first kappa shape index (κ1) is 25.9. The van der Waals surface area contributed by atoms with Gasteiger partial charge in [0.2, 0.25) is 5.91 Å². The molecule has 1 amide bonds. The smallest absolute Gasteiger partial charge is 0.248 e. The fourth-order valence-electron chi connectivity index (χ4n) is 3.37. The number of carbonyl (C=O) groups is 1. The molecule has 0 saturated carbocycles. The average molecular weight is 552 g/mol. The lowest BCUT2D eigenvalue weighted by atomic mass is 10.1. The number of primary amides is 1. The number of hydrogen-bond acceptors (Lipinski definition) is 4. The summed E-state index contributed by atoms with van der Waals surface area (Å²) in [5, 5.41) is 6.64. The van der Waals surface area contributed by atoms with Crippen molar-refractivity contribution in [2.24, 2.45) is 10.7 Å². The Bertz CT molecular complexity index is 897. The predicted molar refractivity (Wildman–Crippen MR) is 138 cm³/mol. The van der Waals surface area contributed by atoms with Gasteiger partial charge in [0.25, 0.3) is 0 Å². The van der Waals surface area contributed by atoms with Crippen LogP contribution in [0.3, 0.4) is 0 Å². The number of nitrogens with two attached hydrogens (primary N) is 1. The summed E-state index contributed by atoms with van der Waals surface area (Å²) in [5.41, 5.74) is 9.01. The van der Waals surface area contributed by atoms with Gasteiger partial charge in [-0.15, -0.1) is 24.0 Å². The van der Waals surface area contributed by atoms with Crippen molar-refractivity contribution in [3.8, 4) is 5.75 Å². The summed E-state index contributed by atoms with van der Waals surface area (Å²) in [6.45, 7) is 7.32. The SMILES string of the molecule is CCNC(=NCc1ccc(C(N)=O)cc1)NCc1ccc(C)cc1OCC1CCCO1.I. The summed E-state index contributed by atoms with van der Waals surface area (Å²) in [6.07, 6.45) is 2.34. The lowest BCUT2D eigenvalue weighted by molar-refractivity contribution is 0.0676. The van der Waals surface area contributed by atoms with Crippen molar-refractivity contribution in [3.05, 3.63) is 64.7 Å². The molecular formula is C24H33IN4O3. The van der Waals surface area contributed by atoms with E-state index in [2.05, 4.69) is 40.7 Å². The molecule has 8 heteroatoms. The number of ether oxygens (including phenoxy) is 2. The molecule has 2 aromatic carbocycles. The Labute approximate surface area is 207 Å². The number of aliphatic imine (C=N–C) groups is 1. The molecule has 1 saturated heterocycles. The fraction of sp³-hybridized carbons (Fsp3) is 0.417. The second-order valence-electron chi connectivity index (χ2n) is 7.67. The van der Waals surface area contributed by atoms with E-state index < -0.39 is 5.91 Å². The number of hydrogen-bond donors (Lipinski definition) is 3. The van der Waals surface area contributed by atoms with E-state index in [9.17, 15) is 4.79 Å². The molecule has 0 aliphatic carbocycles. The van der Waals surface area contributed by atoms with Crippen molar-refractivity contribution in [2.75, 3.05) is 19.8 Å². The zero-order valence-corrected chi connectivity index (χ0v) is 21.1. The summed E-state index contributed by atoms with van der Waals surface area (Å²) in [4.78, 5) is 15.9. The summed E-state index contributed by atoms with van der Waals surface area (Å²) < 4.78 is 11.8. The van der Waals surface area contributed by atoms with Crippen LogP contribution in [0.15, 0.2) is 47.5 Å². The molecule has 32 heavy (non-hydrogen) atoms. The van der Waals surface area contributed by atoms with Gasteiger partial charge in [-0.1, -0.05) is 24.3 Å². The van der Waals surface area contributed by atoms with E-state index in [-0.39, 0.29) is 30.1 Å². The molecule has 4 N–H and O–H groups in total. The Balaban J connectivity index is 0.00000363. The van der Waals surface area contributed by atoms with E-state index in [0.29, 0.717) is 31.2 Å². The molecule has 1 aliphatic heterocycles. The molecule has 0 radical (unpaired) electrons. The molecule has 0 bridgehead atoms. The Morgan fingerprint density at radius 2 is 2.00 bits per heavy atom. The van der Waals surface area contributed by atoms with E-state index >= 15 is 0 Å².